The van der Waals surface area contributed by atoms with E-state index in [0.717, 1.165) is 24.5 Å². The minimum atomic E-state index is 0.278. The van der Waals surface area contributed by atoms with E-state index in [1.807, 2.05) is 0 Å². The Morgan fingerprint density at radius 3 is 3.00 bits per heavy atom. The van der Waals surface area contributed by atoms with Crippen LogP contribution in [0, 0.1) is 5.92 Å². The number of carbonyl (C=O) groups excluding carboxylic acids is 1. The van der Waals surface area contributed by atoms with E-state index in [9.17, 15) is 4.79 Å². The van der Waals surface area contributed by atoms with Crippen LogP contribution in [0.25, 0.3) is 0 Å². The van der Waals surface area contributed by atoms with Crippen molar-refractivity contribution >= 4 is 23.4 Å². The molecule has 1 fully saturated rings. The zero-order chi connectivity index (χ0) is 16.2. The van der Waals surface area contributed by atoms with Gasteiger partial charge in [0.2, 0.25) is 5.91 Å². The highest BCUT2D eigenvalue weighted by atomic mass is 32.2. The van der Waals surface area contributed by atoms with E-state index in [4.69, 9.17) is 0 Å². The molecule has 1 unspecified atom stereocenters. The summed E-state index contributed by atoms with van der Waals surface area (Å²) in [6.45, 7) is 7.50. The summed E-state index contributed by atoms with van der Waals surface area (Å²) < 4.78 is 0. The molecule has 0 radical (unpaired) electrons. The van der Waals surface area contributed by atoms with Crippen LogP contribution in [0.3, 0.4) is 0 Å². The standard InChI is InChI=1S/C19H28N2OS/c1-15(2)9-11-23-14-19(22)21-13-17-7-5-10-20(17)12-16-6-3-4-8-18(16)21/h3-4,6,8,15,17H,5,7,9-14H2,1-2H3. The van der Waals surface area contributed by atoms with Gasteiger partial charge in [0.1, 0.15) is 0 Å². The van der Waals surface area contributed by atoms with E-state index in [0.29, 0.717) is 17.7 Å². The molecule has 23 heavy (non-hydrogen) atoms. The lowest BCUT2D eigenvalue weighted by Gasteiger charge is -2.26. The van der Waals surface area contributed by atoms with Crippen LogP contribution in [0.2, 0.25) is 0 Å². The predicted molar refractivity (Wildman–Crippen MR) is 99.0 cm³/mol. The van der Waals surface area contributed by atoms with E-state index < -0.39 is 0 Å². The second kappa shape index (κ2) is 7.71. The van der Waals surface area contributed by atoms with Crippen LogP contribution in [0.1, 0.15) is 38.7 Å². The molecule has 0 N–H and O–H groups in total. The molecule has 3 nitrogen and oxygen atoms in total. The van der Waals surface area contributed by atoms with Crippen LogP contribution in [0.5, 0.6) is 0 Å². The molecule has 1 aromatic rings. The Morgan fingerprint density at radius 1 is 1.35 bits per heavy atom. The summed E-state index contributed by atoms with van der Waals surface area (Å²) in [6.07, 6.45) is 3.67. The molecule has 0 aromatic heterocycles. The van der Waals surface area contributed by atoms with E-state index in [-0.39, 0.29) is 5.91 Å². The Morgan fingerprint density at radius 2 is 2.17 bits per heavy atom. The first-order valence-corrected chi connectivity index (χ1v) is 10.0. The number of hydrogen-bond acceptors (Lipinski definition) is 3. The highest BCUT2D eigenvalue weighted by molar-refractivity contribution is 7.99. The van der Waals surface area contributed by atoms with Gasteiger partial charge >= 0.3 is 0 Å². The number of fused-ring (bicyclic) bond motifs is 2. The summed E-state index contributed by atoms with van der Waals surface area (Å²) in [5, 5.41) is 0. The fourth-order valence-corrected chi connectivity index (χ4v) is 4.65. The van der Waals surface area contributed by atoms with Crippen molar-refractivity contribution in [2.24, 2.45) is 5.92 Å². The molecule has 4 heteroatoms. The lowest BCUT2D eigenvalue weighted by Crippen LogP contribution is -2.41. The molecule has 1 amide bonds. The summed E-state index contributed by atoms with van der Waals surface area (Å²) in [5.41, 5.74) is 2.44. The average molecular weight is 333 g/mol. The van der Waals surface area contributed by atoms with Gasteiger partial charge in [0.25, 0.3) is 0 Å². The number of benzene rings is 1. The highest BCUT2D eigenvalue weighted by Crippen LogP contribution is 2.31. The summed E-state index contributed by atoms with van der Waals surface area (Å²) in [7, 11) is 0. The van der Waals surface area contributed by atoms with E-state index in [1.165, 1.54) is 31.4 Å². The monoisotopic (exact) mass is 332 g/mol. The van der Waals surface area contributed by atoms with E-state index in [2.05, 4.69) is 47.9 Å². The normalized spacial score (nSPS) is 21.2. The molecule has 1 saturated heterocycles. The smallest absolute Gasteiger partial charge is 0.237 e. The van der Waals surface area contributed by atoms with Gasteiger partial charge in [0, 0.05) is 24.8 Å². The van der Waals surface area contributed by atoms with Gasteiger partial charge in [-0.2, -0.15) is 11.8 Å². The Kier molecular flexibility index (Phi) is 5.65. The third-order valence-corrected chi connectivity index (χ3v) is 5.89. The first-order valence-electron chi connectivity index (χ1n) is 8.85. The molecule has 1 atom stereocenters. The van der Waals surface area contributed by atoms with Crippen LogP contribution >= 0.6 is 11.8 Å². The lowest BCUT2D eigenvalue weighted by molar-refractivity contribution is -0.116. The Balaban J connectivity index is 1.70. The molecule has 126 valence electrons. The molecule has 2 aliphatic heterocycles. The maximum atomic E-state index is 12.8. The lowest BCUT2D eigenvalue weighted by atomic mass is 10.1. The fourth-order valence-electron chi connectivity index (χ4n) is 3.54. The quantitative estimate of drug-likeness (QED) is 0.767. The topological polar surface area (TPSA) is 23.6 Å². The minimum Gasteiger partial charge on any atom is -0.310 e. The van der Waals surface area contributed by atoms with Crippen molar-refractivity contribution in [1.82, 2.24) is 4.90 Å². The van der Waals surface area contributed by atoms with Crippen molar-refractivity contribution in [3.05, 3.63) is 29.8 Å². The van der Waals surface area contributed by atoms with Crippen molar-refractivity contribution in [3.8, 4) is 0 Å². The van der Waals surface area contributed by atoms with Gasteiger partial charge in [-0.05, 0) is 49.1 Å². The fraction of sp³-hybridized carbons (Fsp3) is 0.632. The summed E-state index contributed by atoms with van der Waals surface area (Å²) in [5.74, 6) is 2.67. The SMILES string of the molecule is CC(C)CCSCC(=O)N1CC2CCCN2Cc2ccccc21. The third kappa shape index (κ3) is 4.10. The van der Waals surface area contributed by atoms with Crippen LogP contribution in [0.4, 0.5) is 5.69 Å². The van der Waals surface area contributed by atoms with Crippen molar-refractivity contribution in [2.75, 3.05) is 29.5 Å². The zero-order valence-electron chi connectivity index (χ0n) is 14.3. The van der Waals surface area contributed by atoms with Gasteiger partial charge in [-0.25, -0.2) is 0 Å². The van der Waals surface area contributed by atoms with Gasteiger partial charge in [0.15, 0.2) is 0 Å². The average Bonchev–Trinajstić information content (AvgIpc) is 2.90. The van der Waals surface area contributed by atoms with Gasteiger partial charge in [-0.15, -0.1) is 0 Å². The van der Waals surface area contributed by atoms with Gasteiger partial charge in [-0.3, -0.25) is 9.69 Å². The second-order valence-electron chi connectivity index (χ2n) is 7.13. The molecule has 0 bridgehead atoms. The Labute approximate surface area is 144 Å². The number of anilines is 1. The number of para-hydroxylation sites is 1. The van der Waals surface area contributed by atoms with E-state index in [1.54, 1.807) is 11.8 Å². The van der Waals surface area contributed by atoms with Crippen LogP contribution in [-0.2, 0) is 11.3 Å². The molecule has 3 rings (SSSR count). The summed E-state index contributed by atoms with van der Waals surface area (Å²) >= 11 is 1.79. The Bertz CT molecular complexity index is 546. The molecular weight excluding hydrogens is 304 g/mol. The maximum absolute atomic E-state index is 12.8. The molecule has 1 aromatic carbocycles. The maximum Gasteiger partial charge on any atom is 0.237 e. The number of amides is 1. The second-order valence-corrected chi connectivity index (χ2v) is 8.24. The highest BCUT2D eigenvalue weighted by Gasteiger charge is 2.33. The van der Waals surface area contributed by atoms with Crippen molar-refractivity contribution in [1.29, 1.82) is 0 Å². The number of hydrogen-bond donors (Lipinski definition) is 0. The molecule has 2 aliphatic rings. The van der Waals surface area contributed by atoms with E-state index >= 15 is 0 Å². The number of thioether (sulfide) groups is 1. The first-order chi connectivity index (χ1) is 11.1. The molecular formula is C19H28N2OS. The molecule has 2 heterocycles. The van der Waals surface area contributed by atoms with Gasteiger partial charge in [0.05, 0.1) is 5.75 Å². The zero-order valence-corrected chi connectivity index (χ0v) is 15.1. The Hall–Kier alpha value is -1.00. The molecule has 0 aliphatic carbocycles. The minimum absolute atomic E-state index is 0.278. The third-order valence-electron chi connectivity index (χ3n) is 4.91. The number of carbonyl (C=O) groups is 1. The number of rotatable bonds is 5. The molecule has 0 spiro atoms. The van der Waals surface area contributed by atoms with Crippen molar-refractivity contribution < 1.29 is 4.79 Å². The van der Waals surface area contributed by atoms with Gasteiger partial charge < -0.3 is 4.90 Å². The van der Waals surface area contributed by atoms with Crippen LogP contribution in [-0.4, -0.2) is 41.4 Å². The summed E-state index contributed by atoms with van der Waals surface area (Å²) in [4.78, 5) is 17.5. The number of nitrogens with zero attached hydrogens (tertiary/aromatic N) is 2. The largest absolute Gasteiger partial charge is 0.310 e. The van der Waals surface area contributed by atoms with Crippen LogP contribution in [0.15, 0.2) is 24.3 Å². The molecule has 0 saturated carbocycles. The van der Waals surface area contributed by atoms with Crippen molar-refractivity contribution in [3.63, 3.8) is 0 Å². The first kappa shape index (κ1) is 16.8. The van der Waals surface area contributed by atoms with Gasteiger partial charge in [-0.1, -0.05) is 32.0 Å². The van der Waals surface area contributed by atoms with Crippen LogP contribution < -0.4 is 4.90 Å². The van der Waals surface area contributed by atoms with Crippen molar-refractivity contribution in [2.45, 2.75) is 45.7 Å². The predicted octanol–water partition coefficient (Wildman–Crippen LogP) is 3.78. The summed E-state index contributed by atoms with van der Waals surface area (Å²) in [6, 6.07) is 8.99.